The number of rotatable bonds is 3. The maximum Gasteiger partial charge on any atom is 0.0999 e. The van der Waals surface area contributed by atoms with E-state index < -0.39 is 0 Å². The Balaban J connectivity index is 1.51. The SMILES string of the molecule is N#Cc1cc(C#N)c(-c2cc3ccccc3c3c2c(-n2c4ccccc4c4c2c2ccccc2n4-c2ccccc2)cc2ccccc23)c(C#N)c1. The van der Waals surface area contributed by atoms with Crippen LogP contribution in [0.3, 0.4) is 0 Å². The van der Waals surface area contributed by atoms with Crippen molar-refractivity contribution in [2.45, 2.75) is 0 Å². The summed E-state index contributed by atoms with van der Waals surface area (Å²) in [5.41, 5.74) is 8.45. The van der Waals surface area contributed by atoms with E-state index in [1.807, 2.05) is 12.1 Å². The van der Waals surface area contributed by atoms with Crippen LogP contribution in [-0.4, -0.2) is 9.13 Å². The molecule has 10 rings (SSSR count). The largest absolute Gasteiger partial charge is 0.307 e. The van der Waals surface area contributed by atoms with E-state index >= 15 is 0 Å². The van der Waals surface area contributed by atoms with Crippen molar-refractivity contribution in [3.8, 4) is 40.7 Å². The van der Waals surface area contributed by atoms with Crippen molar-refractivity contribution in [3.05, 3.63) is 168 Å². The molecule has 0 spiro atoms. The molecular weight excluding hydrogens is 635 g/mol. The minimum absolute atomic E-state index is 0.277. The summed E-state index contributed by atoms with van der Waals surface area (Å²) in [6.07, 6.45) is 0. The lowest BCUT2D eigenvalue weighted by Crippen LogP contribution is -2.00. The van der Waals surface area contributed by atoms with Crippen LogP contribution in [-0.2, 0) is 0 Å². The van der Waals surface area contributed by atoms with Crippen molar-refractivity contribution < 1.29 is 0 Å². The second-order valence-electron chi connectivity index (χ2n) is 13.0. The molecule has 0 fully saturated rings. The summed E-state index contributed by atoms with van der Waals surface area (Å²) in [6, 6.07) is 58.6. The molecule has 238 valence electrons. The van der Waals surface area contributed by atoms with Crippen LogP contribution >= 0.6 is 0 Å². The summed E-state index contributed by atoms with van der Waals surface area (Å²) in [5, 5.41) is 39.4. The van der Waals surface area contributed by atoms with Gasteiger partial charge in [0.05, 0.1) is 62.7 Å². The van der Waals surface area contributed by atoms with E-state index in [1.54, 1.807) is 12.1 Å². The number of para-hydroxylation sites is 3. The third kappa shape index (κ3) is 4.01. The van der Waals surface area contributed by atoms with Gasteiger partial charge >= 0.3 is 0 Å². The third-order valence-corrected chi connectivity index (χ3v) is 10.3. The van der Waals surface area contributed by atoms with Gasteiger partial charge in [0.1, 0.15) is 0 Å². The smallest absolute Gasteiger partial charge is 0.0999 e. The molecule has 0 aliphatic rings. The Morgan fingerprint density at radius 3 is 1.52 bits per heavy atom. The van der Waals surface area contributed by atoms with Crippen LogP contribution in [0.2, 0.25) is 0 Å². The quantitative estimate of drug-likeness (QED) is 0.177. The van der Waals surface area contributed by atoms with E-state index in [0.29, 0.717) is 5.56 Å². The Labute approximate surface area is 298 Å². The lowest BCUT2D eigenvalue weighted by atomic mass is 9.85. The van der Waals surface area contributed by atoms with Gasteiger partial charge in [-0.15, -0.1) is 0 Å². The van der Waals surface area contributed by atoms with Gasteiger partial charge in [-0.2, -0.15) is 15.8 Å². The molecule has 0 aliphatic carbocycles. The van der Waals surface area contributed by atoms with E-state index in [0.717, 1.165) is 82.1 Å². The molecule has 0 aliphatic heterocycles. The number of aromatic nitrogens is 2. The fraction of sp³-hybridized carbons (Fsp3) is 0. The first-order valence-electron chi connectivity index (χ1n) is 17.0. The molecule has 0 N–H and O–H groups in total. The zero-order valence-corrected chi connectivity index (χ0v) is 27.7. The standard InChI is InChI=1S/C47H25N5/c48-26-29-22-32(27-49)43(33(23-29)28-50)39-24-30-12-4-6-16-35(30)44-36-17-7-5-13-31(36)25-42(45(39)44)52-41-21-11-9-19-38(41)46-47(52)37-18-8-10-20-40(37)51(46)34-14-2-1-3-15-34/h1-25H. The van der Waals surface area contributed by atoms with Crippen LogP contribution in [0.25, 0.3) is 87.7 Å². The van der Waals surface area contributed by atoms with Crippen molar-refractivity contribution in [3.63, 3.8) is 0 Å². The second kappa shape index (κ2) is 11.2. The highest BCUT2D eigenvalue weighted by molar-refractivity contribution is 6.28. The summed E-state index contributed by atoms with van der Waals surface area (Å²) in [6.45, 7) is 0. The number of fused-ring (bicyclic) bond motifs is 10. The molecule has 8 aromatic carbocycles. The number of nitriles is 3. The van der Waals surface area contributed by atoms with Crippen molar-refractivity contribution in [1.82, 2.24) is 9.13 Å². The second-order valence-corrected chi connectivity index (χ2v) is 13.0. The van der Waals surface area contributed by atoms with Crippen LogP contribution in [0, 0.1) is 34.0 Å². The van der Waals surface area contributed by atoms with Crippen LogP contribution in [0.1, 0.15) is 16.7 Å². The number of benzene rings is 8. The fourth-order valence-electron chi connectivity index (χ4n) is 8.29. The Kier molecular flexibility index (Phi) is 6.30. The topological polar surface area (TPSA) is 81.2 Å². The minimum atomic E-state index is 0.277. The lowest BCUT2D eigenvalue weighted by molar-refractivity contribution is 1.18. The summed E-state index contributed by atoms with van der Waals surface area (Å²) in [7, 11) is 0. The Morgan fingerprint density at radius 2 is 0.923 bits per heavy atom. The molecule has 5 nitrogen and oxygen atoms in total. The van der Waals surface area contributed by atoms with E-state index in [1.165, 1.54) is 0 Å². The highest BCUT2D eigenvalue weighted by Gasteiger charge is 2.26. The number of nitrogens with zero attached hydrogens (tertiary/aromatic N) is 5. The predicted molar refractivity (Wildman–Crippen MR) is 210 cm³/mol. The number of hydrogen-bond donors (Lipinski definition) is 0. The molecule has 0 atom stereocenters. The summed E-state index contributed by atoms with van der Waals surface area (Å²) in [4.78, 5) is 0. The molecule has 5 heteroatoms. The third-order valence-electron chi connectivity index (χ3n) is 10.3. The van der Waals surface area contributed by atoms with Gasteiger partial charge in [-0.1, -0.05) is 103 Å². The molecular formula is C47H25N5. The summed E-state index contributed by atoms with van der Waals surface area (Å²) >= 11 is 0. The summed E-state index contributed by atoms with van der Waals surface area (Å²) in [5.74, 6) is 0. The van der Waals surface area contributed by atoms with E-state index in [2.05, 4.69) is 155 Å². The average molecular weight is 660 g/mol. The van der Waals surface area contributed by atoms with E-state index in [4.69, 9.17) is 0 Å². The predicted octanol–water partition coefficient (Wildman–Crippen LogP) is 11.5. The molecule has 0 unspecified atom stereocenters. The molecule has 52 heavy (non-hydrogen) atoms. The van der Waals surface area contributed by atoms with Gasteiger partial charge in [-0.3, -0.25) is 0 Å². The fourth-order valence-corrected chi connectivity index (χ4v) is 8.29. The normalized spacial score (nSPS) is 11.4. The van der Waals surface area contributed by atoms with Crippen LogP contribution < -0.4 is 0 Å². The first kappa shape index (κ1) is 29.3. The number of hydrogen-bond acceptors (Lipinski definition) is 3. The molecule has 0 amide bonds. The molecule has 2 heterocycles. The molecule has 0 saturated carbocycles. The van der Waals surface area contributed by atoms with E-state index in [9.17, 15) is 15.8 Å². The average Bonchev–Trinajstić information content (AvgIpc) is 3.72. The van der Waals surface area contributed by atoms with Gasteiger partial charge < -0.3 is 9.13 Å². The van der Waals surface area contributed by atoms with Crippen molar-refractivity contribution >= 4 is 65.2 Å². The lowest BCUT2D eigenvalue weighted by Gasteiger charge is -2.20. The molecule has 0 saturated heterocycles. The highest BCUT2D eigenvalue weighted by atomic mass is 15.1. The molecule has 0 bridgehead atoms. The zero-order chi connectivity index (χ0) is 34.9. The van der Waals surface area contributed by atoms with Crippen LogP contribution in [0.5, 0.6) is 0 Å². The van der Waals surface area contributed by atoms with Crippen molar-refractivity contribution in [1.29, 1.82) is 15.8 Å². The first-order chi connectivity index (χ1) is 25.7. The summed E-state index contributed by atoms with van der Waals surface area (Å²) < 4.78 is 4.73. The van der Waals surface area contributed by atoms with Crippen LogP contribution in [0.4, 0.5) is 0 Å². The van der Waals surface area contributed by atoms with E-state index in [-0.39, 0.29) is 16.7 Å². The monoisotopic (exact) mass is 659 g/mol. The molecule has 10 aromatic rings. The van der Waals surface area contributed by atoms with Gasteiger partial charge in [0, 0.05) is 32.8 Å². The maximum atomic E-state index is 10.6. The molecule has 0 radical (unpaired) electrons. The molecule has 2 aromatic heterocycles. The Hall–Kier alpha value is -7.65. The van der Waals surface area contributed by atoms with Crippen molar-refractivity contribution in [2.75, 3.05) is 0 Å². The van der Waals surface area contributed by atoms with Gasteiger partial charge in [0.15, 0.2) is 0 Å². The Morgan fingerprint density at radius 1 is 0.423 bits per heavy atom. The minimum Gasteiger partial charge on any atom is -0.307 e. The van der Waals surface area contributed by atoms with Gasteiger partial charge in [0.25, 0.3) is 0 Å². The van der Waals surface area contributed by atoms with Crippen molar-refractivity contribution in [2.24, 2.45) is 0 Å². The first-order valence-corrected chi connectivity index (χ1v) is 17.0. The maximum absolute atomic E-state index is 10.6. The van der Waals surface area contributed by atoms with Crippen LogP contribution in [0.15, 0.2) is 152 Å². The van der Waals surface area contributed by atoms with Gasteiger partial charge in [0.2, 0.25) is 0 Å². The highest BCUT2D eigenvalue weighted by Crippen LogP contribution is 2.47. The van der Waals surface area contributed by atoms with Gasteiger partial charge in [-0.05, 0) is 75.6 Å². The van der Waals surface area contributed by atoms with Gasteiger partial charge in [-0.25, -0.2) is 0 Å². The zero-order valence-electron chi connectivity index (χ0n) is 27.7. The Bertz CT molecular complexity index is 3210.